The van der Waals surface area contributed by atoms with Crippen molar-refractivity contribution in [3.05, 3.63) is 46.5 Å². The minimum atomic E-state index is -0.529. The summed E-state index contributed by atoms with van der Waals surface area (Å²) in [5, 5.41) is 0.817. The topological polar surface area (TPSA) is 86.7 Å². The molecule has 2 aromatic carbocycles. The molecule has 0 aromatic heterocycles. The molecule has 0 heterocycles. The lowest BCUT2D eigenvalue weighted by Gasteiger charge is -2.19. The molecule has 0 spiro atoms. The average molecular weight is 352 g/mol. The second kappa shape index (κ2) is 6.22. The summed E-state index contributed by atoms with van der Waals surface area (Å²) in [5.74, 6) is -1.14. The van der Waals surface area contributed by atoms with Crippen LogP contribution in [0.2, 0.25) is 0 Å². The van der Waals surface area contributed by atoms with Gasteiger partial charge in [0.05, 0.1) is 0 Å². The van der Waals surface area contributed by atoms with E-state index in [0.717, 1.165) is 0 Å². The summed E-state index contributed by atoms with van der Waals surface area (Å²) in [5.41, 5.74) is 1.23. The van der Waals surface area contributed by atoms with Crippen LogP contribution in [-0.2, 0) is 9.59 Å². The zero-order valence-electron chi connectivity index (χ0n) is 14.8. The van der Waals surface area contributed by atoms with Crippen LogP contribution in [0.1, 0.15) is 48.4 Å². The highest BCUT2D eigenvalue weighted by Gasteiger charge is 2.29. The Labute approximate surface area is 149 Å². The number of rotatable bonds is 2. The van der Waals surface area contributed by atoms with Crippen molar-refractivity contribution in [3.63, 3.8) is 0 Å². The average Bonchev–Trinajstić information content (AvgIpc) is 2.58. The lowest BCUT2D eigenvalue weighted by Crippen LogP contribution is -2.19. The summed E-state index contributed by atoms with van der Waals surface area (Å²) < 4.78 is 10.4. The molecule has 6 nitrogen and oxygen atoms in total. The lowest BCUT2D eigenvalue weighted by molar-refractivity contribution is -0.132. The first-order valence-corrected chi connectivity index (χ1v) is 7.95. The highest BCUT2D eigenvalue weighted by Crippen LogP contribution is 2.38. The van der Waals surface area contributed by atoms with Gasteiger partial charge in [-0.2, -0.15) is 0 Å². The molecule has 1 aliphatic carbocycles. The first kappa shape index (κ1) is 17.5. The van der Waals surface area contributed by atoms with Crippen molar-refractivity contribution in [2.75, 3.05) is 0 Å². The van der Waals surface area contributed by atoms with Gasteiger partial charge in [-0.1, -0.05) is 0 Å². The molecule has 3 rings (SSSR count). The molecule has 0 bridgehead atoms. The molecule has 0 atom stereocenters. The van der Waals surface area contributed by atoms with Crippen LogP contribution in [0, 0.1) is 0 Å². The van der Waals surface area contributed by atoms with E-state index in [9.17, 15) is 19.2 Å². The largest absolute Gasteiger partial charge is 0.426 e. The Morgan fingerprint density at radius 1 is 0.731 bits per heavy atom. The van der Waals surface area contributed by atoms with Crippen LogP contribution < -0.4 is 9.47 Å². The number of Topliss-reactive ketones (excluding diaryl/α,β-unsaturated/α-hetero) is 2. The maximum Gasteiger partial charge on any atom is 0.308 e. The molecule has 0 saturated carbocycles. The SMILES string of the molecule is CC(=O)Oc1ccc(OC(C)=O)c2cc3c(cc12)C(=O)C(C)=C(C)C3=O. The highest BCUT2D eigenvalue weighted by molar-refractivity contribution is 6.28. The summed E-state index contributed by atoms with van der Waals surface area (Å²) >= 11 is 0. The van der Waals surface area contributed by atoms with Crippen molar-refractivity contribution in [2.45, 2.75) is 27.7 Å². The molecule has 0 radical (unpaired) electrons. The number of fused-ring (bicyclic) bond motifs is 2. The Hall–Kier alpha value is -3.28. The molecule has 1 aliphatic rings. The van der Waals surface area contributed by atoms with Gasteiger partial charge in [-0.15, -0.1) is 0 Å². The highest BCUT2D eigenvalue weighted by atomic mass is 16.5. The summed E-state index contributed by atoms with van der Waals surface area (Å²) in [6, 6.07) is 5.98. The molecule has 0 amide bonds. The standard InChI is InChI=1S/C20H16O6/c1-9-10(2)20(24)16-8-14-13(7-15(16)19(9)23)17(25-11(3)21)5-6-18(14)26-12(4)22/h5-8H,1-4H3. The Bertz CT molecular complexity index is 959. The second-order valence-electron chi connectivity index (χ2n) is 6.10. The van der Waals surface area contributed by atoms with Crippen LogP contribution >= 0.6 is 0 Å². The maximum absolute atomic E-state index is 12.6. The predicted octanol–water partition coefficient (Wildman–Crippen LogP) is 3.41. The fourth-order valence-corrected chi connectivity index (χ4v) is 2.95. The molecule has 0 aliphatic heterocycles. The number of benzene rings is 2. The van der Waals surface area contributed by atoms with Gasteiger partial charge in [0.2, 0.25) is 0 Å². The molecule has 132 valence electrons. The number of allylic oxidation sites excluding steroid dienone is 2. The van der Waals surface area contributed by atoms with E-state index >= 15 is 0 Å². The van der Waals surface area contributed by atoms with Crippen LogP contribution in [0.5, 0.6) is 11.5 Å². The first-order valence-electron chi connectivity index (χ1n) is 7.95. The van der Waals surface area contributed by atoms with E-state index in [-0.39, 0.29) is 34.2 Å². The lowest BCUT2D eigenvalue weighted by atomic mass is 9.83. The van der Waals surface area contributed by atoms with E-state index in [1.807, 2.05) is 0 Å². The van der Waals surface area contributed by atoms with Crippen molar-refractivity contribution in [1.29, 1.82) is 0 Å². The van der Waals surface area contributed by atoms with Crippen molar-refractivity contribution in [3.8, 4) is 11.5 Å². The van der Waals surface area contributed by atoms with Crippen LogP contribution in [0.4, 0.5) is 0 Å². The Morgan fingerprint density at radius 2 is 1.08 bits per heavy atom. The monoisotopic (exact) mass is 352 g/mol. The Balaban J connectivity index is 2.35. The van der Waals surface area contributed by atoms with Gasteiger partial charge in [0.25, 0.3) is 0 Å². The van der Waals surface area contributed by atoms with E-state index in [0.29, 0.717) is 21.9 Å². The number of hydrogen-bond acceptors (Lipinski definition) is 6. The number of esters is 2. The van der Waals surface area contributed by atoms with E-state index in [2.05, 4.69) is 0 Å². The van der Waals surface area contributed by atoms with Gasteiger partial charge in [-0.3, -0.25) is 19.2 Å². The van der Waals surface area contributed by atoms with Crippen LogP contribution in [0.3, 0.4) is 0 Å². The summed E-state index contributed by atoms with van der Waals surface area (Å²) in [6.45, 7) is 5.72. The fourth-order valence-electron chi connectivity index (χ4n) is 2.95. The van der Waals surface area contributed by atoms with Gasteiger partial charge in [0.15, 0.2) is 11.6 Å². The summed E-state index contributed by atoms with van der Waals surface area (Å²) in [7, 11) is 0. The van der Waals surface area contributed by atoms with Crippen molar-refractivity contribution in [1.82, 2.24) is 0 Å². The number of carbonyl (C=O) groups excluding carboxylic acids is 4. The van der Waals surface area contributed by atoms with E-state index in [1.165, 1.54) is 38.1 Å². The molecule has 0 N–H and O–H groups in total. The van der Waals surface area contributed by atoms with Crippen LogP contribution in [0.25, 0.3) is 10.8 Å². The quantitative estimate of drug-likeness (QED) is 0.608. The van der Waals surface area contributed by atoms with Gasteiger partial charge in [0.1, 0.15) is 11.5 Å². The fraction of sp³-hybridized carbons (Fsp3) is 0.200. The minimum absolute atomic E-state index is 0.218. The molecule has 0 saturated heterocycles. The molecular formula is C20H16O6. The molecule has 2 aromatic rings. The van der Waals surface area contributed by atoms with Crippen molar-refractivity contribution >= 4 is 34.3 Å². The van der Waals surface area contributed by atoms with Gasteiger partial charge in [-0.05, 0) is 38.1 Å². The predicted molar refractivity (Wildman–Crippen MR) is 93.6 cm³/mol. The molecule has 0 fully saturated rings. The van der Waals surface area contributed by atoms with Crippen molar-refractivity contribution in [2.24, 2.45) is 0 Å². The minimum Gasteiger partial charge on any atom is -0.426 e. The number of ether oxygens (including phenoxy) is 2. The van der Waals surface area contributed by atoms with E-state index < -0.39 is 11.9 Å². The first-order chi connectivity index (χ1) is 12.2. The molecule has 0 unspecified atom stereocenters. The van der Waals surface area contributed by atoms with Gasteiger partial charge < -0.3 is 9.47 Å². The van der Waals surface area contributed by atoms with E-state index in [1.54, 1.807) is 13.8 Å². The second-order valence-corrected chi connectivity index (χ2v) is 6.10. The zero-order chi connectivity index (χ0) is 19.2. The number of hydrogen-bond donors (Lipinski definition) is 0. The van der Waals surface area contributed by atoms with Crippen LogP contribution in [-0.4, -0.2) is 23.5 Å². The Morgan fingerprint density at radius 3 is 1.38 bits per heavy atom. The third-order valence-electron chi connectivity index (χ3n) is 4.31. The van der Waals surface area contributed by atoms with E-state index in [4.69, 9.17) is 9.47 Å². The van der Waals surface area contributed by atoms with Gasteiger partial charge >= 0.3 is 11.9 Å². The van der Waals surface area contributed by atoms with Gasteiger partial charge in [0, 0.05) is 46.9 Å². The molecule has 26 heavy (non-hydrogen) atoms. The van der Waals surface area contributed by atoms with Crippen LogP contribution in [0.15, 0.2) is 35.4 Å². The Kier molecular flexibility index (Phi) is 4.20. The number of ketones is 2. The third-order valence-corrected chi connectivity index (χ3v) is 4.31. The van der Waals surface area contributed by atoms with Gasteiger partial charge in [-0.25, -0.2) is 0 Å². The molecule has 6 heteroatoms. The number of carbonyl (C=O) groups is 4. The zero-order valence-corrected chi connectivity index (χ0v) is 14.8. The molecular weight excluding hydrogens is 336 g/mol. The normalized spacial score (nSPS) is 13.7. The summed E-state index contributed by atoms with van der Waals surface area (Å²) in [4.78, 5) is 48.0. The smallest absolute Gasteiger partial charge is 0.308 e. The third kappa shape index (κ3) is 2.79. The maximum atomic E-state index is 12.6. The van der Waals surface area contributed by atoms with Crippen molar-refractivity contribution < 1.29 is 28.7 Å². The summed E-state index contributed by atoms with van der Waals surface area (Å²) in [6.07, 6.45) is 0.